The molecule has 0 bridgehead atoms. The summed E-state index contributed by atoms with van der Waals surface area (Å²) in [5.74, 6) is 0.123. The summed E-state index contributed by atoms with van der Waals surface area (Å²) in [6, 6.07) is 0. The molecule has 0 spiro atoms. The van der Waals surface area contributed by atoms with Crippen molar-refractivity contribution in [1.29, 1.82) is 0 Å². The van der Waals surface area contributed by atoms with Gasteiger partial charge in [-0.1, -0.05) is 33.1 Å². The topological polar surface area (TPSA) is 26.3 Å². The van der Waals surface area contributed by atoms with E-state index < -0.39 is 0 Å². The van der Waals surface area contributed by atoms with E-state index in [1.165, 1.54) is 0 Å². The lowest BCUT2D eigenvalue weighted by atomic mass is 9.97. The molecule has 2 heteroatoms. The van der Waals surface area contributed by atoms with Crippen LogP contribution in [-0.4, -0.2) is 12.1 Å². The Morgan fingerprint density at radius 3 is 2.21 bits per heavy atom. The molecule has 0 amide bonds. The van der Waals surface area contributed by atoms with Crippen LogP contribution in [0.3, 0.4) is 0 Å². The fraction of sp³-hybridized carbons (Fsp3) is 0.917. The first-order chi connectivity index (χ1) is 6.61. The van der Waals surface area contributed by atoms with Gasteiger partial charge >= 0.3 is 5.97 Å². The Hall–Kier alpha value is -0.530. The summed E-state index contributed by atoms with van der Waals surface area (Å²) >= 11 is 0. The molecule has 0 aromatic rings. The predicted molar refractivity (Wildman–Crippen MR) is 59.2 cm³/mol. The van der Waals surface area contributed by atoms with Crippen molar-refractivity contribution >= 4 is 5.97 Å². The van der Waals surface area contributed by atoms with E-state index in [0.29, 0.717) is 0 Å². The molecule has 2 nitrogen and oxygen atoms in total. The van der Waals surface area contributed by atoms with Crippen molar-refractivity contribution in [3.05, 3.63) is 0 Å². The molecule has 0 aliphatic heterocycles. The van der Waals surface area contributed by atoms with Gasteiger partial charge in [-0.3, -0.25) is 4.79 Å². The van der Waals surface area contributed by atoms with Crippen molar-refractivity contribution in [1.82, 2.24) is 0 Å². The first kappa shape index (κ1) is 13.5. The van der Waals surface area contributed by atoms with Gasteiger partial charge in [0.25, 0.3) is 0 Å². The van der Waals surface area contributed by atoms with Gasteiger partial charge in [0.05, 0.1) is 12.0 Å². The summed E-state index contributed by atoms with van der Waals surface area (Å²) in [5.41, 5.74) is 0. The normalized spacial score (nSPS) is 12.9. The first-order valence-electron chi connectivity index (χ1n) is 5.82. The van der Waals surface area contributed by atoms with Crippen molar-refractivity contribution in [2.45, 2.75) is 65.9 Å². The molecule has 0 saturated heterocycles. The maximum atomic E-state index is 11.6. The lowest BCUT2D eigenvalue weighted by molar-refractivity contribution is -0.153. The fourth-order valence-corrected chi connectivity index (χ4v) is 1.51. The quantitative estimate of drug-likeness (QED) is 0.587. The summed E-state index contributed by atoms with van der Waals surface area (Å²) in [4.78, 5) is 11.6. The second-order valence-electron chi connectivity index (χ2n) is 4.11. The largest absolute Gasteiger partial charge is 0.463 e. The van der Waals surface area contributed by atoms with Crippen LogP contribution in [0.25, 0.3) is 0 Å². The molecule has 1 unspecified atom stereocenters. The molecule has 0 fully saturated rings. The van der Waals surface area contributed by atoms with E-state index >= 15 is 0 Å². The molecule has 14 heavy (non-hydrogen) atoms. The van der Waals surface area contributed by atoms with Gasteiger partial charge in [0.15, 0.2) is 0 Å². The molecule has 0 aromatic carbocycles. The lowest BCUT2D eigenvalue weighted by Gasteiger charge is -2.16. The van der Waals surface area contributed by atoms with Crippen LogP contribution < -0.4 is 0 Å². The summed E-state index contributed by atoms with van der Waals surface area (Å²) in [7, 11) is 0. The summed E-state index contributed by atoms with van der Waals surface area (Å²) in [6.45, 7) is 8.07. The second kappa shape index (κ2) is 7.84. The molecule has 0 aliphatic carbocycles. The third-order valence-corrected chi connectivity index (χ3v) is 2.23. The van der Waals surface area contributed by atoms with Gasteiger partial charge in [0, 0.05) is 0 Å². The number of carbonyl (C=O) groups is 1. The van der Waals surface area contributed by atoms with E-state index in [1.807, 2.05) is 13.8 Å². The number of rotatable bonds is 7. The van der Waals surface area contributed by atoms with Crippen LogP contribution in [0.15, 0.2) is 0 Å². The van der Waals surface area contributed by atoms with Crippen molar-refractivity contribution in [2.24, 2.45) is 5.92 Å². The molecular formula is C12H24O2. The number of unbranched alkanes of at least 4 members (excludes halogenated alkanes) is 1. The fourth-order valence-electron chi connectivity index (χ4n) is 1.51. The minimum atomic E-state index is -0.00435. The van der Waals surface area contributed by atoms with Crippen LogP contribution in [0.2, 0.25) is 0 Å². The molecule has 1 atom stereocenters. The average Bonchev–Trinajstić information content (AvgIpc) is 2.10. The highest BCUT2D eigenvalue weighted by molar-refractivity contribution is 5.72. The predicted octanol–water partition coefficient (Wildman–Crippen LogP) is 3.54. The van der Waals surface area contributed by atoms with Crippen molar-refractivity contribution in [3.8, 4) is 0 Å². The van der Waals surface area contributed by atoms with Gasteiger partial charge < -0.3 is 4.74 Å². The van der Waals surface area contributed by atoms with Gasteiger partial charge in [-0.15, -0.1) is 0 Å². The number of esters is 1. The molecular weight excluding hydrogens is 176 g/mol. The minimum Gasteiger partial charge on any atom is -0.463 e. The Labute approximate surface area is 88.0 Å². The maximum Gasteiger partial charge on any atom is 0.309 e. The van der Waals surface area contributed by atoms with E-state index in [0.717, 1.165) is 32.1 Å². The maximum absolute atomic E-state index is 11.6. The molecule has 0 saturated carbocycles. The van der Waals surface area contributed by atoms with Crippen molar-refractivity contribution in [2.75, 3.05) is 0 Å². The van der Waals surface area contributed by atoms with Crippen molar-refractivity contribution < 1.29 is 9.53 Å². The van der Waals surface area contributed by atoms with Gasteiger partial charge in [-0.25, -0.2) is 0 Å². The van der Waals surface area contributed by atoms with Crippen LogP contribution in [0.1, 0.15) is 59.8 Å². The highest BCUT2D eigenvalue weighted by atomic mass is 16.5. The Morgan fingerprint density at radius 2 is 1.79 bits per heavy atom. The summed E-state index contributed by atoms with van der Waals surface area (Å²) < 4.78 is 5.22. The van der Waals surface area contributed by atoms with Crippen LogP contribution in [-0.2, 0) is 9.53 Å². The minimum absolute atomic E-state index is 0.00435. The van der Waals surface area contributed by atoms with Gasteiger partial charge in [0.2, 0.25) is 0 Å². The number of carbonyl (C=O) groups excluding carboxylic acids is 1. The Kier molecular flexibility index (Phi) is 7.54. The second-order valence-corrected chi connectivity index (χ2v) is 4.11. The van der Waals surface area contributed by atoms with E-state index in [4.69, 9.17) is 4.74 Å². The third-order valence-electron chi connectivity index (χ3n) is 2.23. The smallest absolute Gasteiger partial charge is 0.309 e. The van der Waals surface area contributed by atoms with Crippen molar-refractivity contribution in [3.63, 3.8) is 0 Å². The summed E-state index contributed by atoms with van der Waals surface area (Å²) in [6.07, 6.45) is 5.29. The molecule has 0 rings (SSSR count). The van der Waals surface area contributed by atoms with E-state index in [9.17, 15) is 4.79 Å². The number of ether oxygens (including phenoxy) is 1. The lowest BCUT2D eigenvalue weighted by Crippen LogP contribution is -2.21. The van der Waals surface area contributed by atoms with E-state index in [-0.39, 0.29) is 18.0 Å². The summed E-state index contributed by atoms with van der Waals surface area (Å²) in [5, 5.41) is 0. The van der Waals surface area contributed by atoms with Gasteiger partial charge in [-0.05, 0) is 26.7 Å². The number of hydrogen-bond donors (Lipinski definition) is 0. The highest BCUT2D eigenvalue weighted by Crippen LogP contribution is 2.17. The molecule has 0 aliphatic rings. The molecule has 0 heterocycles. The first-order valence-corrected chi connectivity index (χ1v) is 5.82. The number of hydrogen-bond acceptors (Lipinski definition) is 2. The molecule has 0 aromatic heterocycles. The monoisotopic (exact) mass is 200 g/mol. The average molecular weight is 200 g/mol. The standard InChI is InChI=1S/C12H24O2/c1-5-7-9-11(8-6-2)12(13)14-10(3)4/h10-11H,5-9H2,1-4H3. The van der Waals surface area contributed by atoms with E-state index in [1.54, 1.807) is 0 Å². The third kappa shape index (κ3) is 6.01. The SMILES string of the molecule is CCCCC(CCC)C(=O)OC(C)C. The molecule has 84 valence electrons. The van der Waals surface area contributed by atoms with Crippen LogP contribution in [0.4, 0.5) is 0 Å². The Balaban J connectivity index is 3.97. The molecule has 0 N–H and O–H groups in total. The zero-order valence-electron chi connectivity index (χ0n) is 10.0. The van der Waals surface area contributed by atoms with Crippen LogP contribution in [0.5, 0.6) is 0 Å². The van der Waals surface area contributed by atoms with E-state index in [2.05, 4.69) is 13.8 Å². The molecule has 0 radical (unpaired) electrons. The highest BCUT2D eigenvalue weighted by Gasteiger charge is 2.19. The van der Waals surface area contributed by atoms with Crippen LogP contribution in [0, 0.1) is 5.92 Å². The van der Waals surface area contributed by atoms with Crippen LogP contribution >= 0.6 is 0 Å². The Morgan fingerprint density at radius 1 is 1.14 bits per heavy atom. The van der Waals surface area contributed by atoms with Gasteiger partial charge in [0.1, 0.15) is 0 Å². The zero-order chi connectivity index (χ0) is 11.0. The zero-order valence-corrected chi connectivity index (χ0v) is 10.0. The van der Waals surface area contributed by atoms with Gasteiger partial charge in [-0.2, -0.15) is 0 Å². The Bertz CT molecular complexity index is 152.